The summed E-state index contributed by atoms with van der Waals surface area (Å²) in [4.78, 5) is 30.5. The van der Waals surface area contributed by atoms with Gasteiger partial charge in [0.15, 0.2) is 12.7 Å². The predicted octanol–water partition coefficient (Wildman–Crippen LogP) is 6.27. The number of amides is 1. The summed E-state index contributed by atoms with van der Waals surface area (Å²) in [6.45, 7) is 0.305. The van der Waals surface area contributed by atoms with Crippen molar-refractivity contribution in [3.63, 3.8) is 0 Å². The molecule has 2 aliphatic rings. The Morgan fingerprint density at radius 2 is 1.85 bits per heavy atom. The normalized spacial score (nSPS) is 18.3. The lowest BCUT2D eigenvalue weighted by atomic mass is 9.97. The van der Waals surface area contributed by atoms with Gasteiger partial charge in [0, 0.05) is 53.7 Å². The van der Waals surface area contributed by atoms with Crippen LogP contribution in [0.2, 0.25) is 5.02 Å². The van der Waals surface area contributed by atoms with Crippen LogP contribution in [-0.2, 0) is 22.0 Å². The molecule has 1 atom stereocenters. The lowest BCUT2D eigenvalue weighted by Crippen LogP contribution is -2.40. The van der Waals surface area contributed by atoms with E-state index in [1.807, 2.05) is 0 Å². The van der Waals surface area contributed by atoms with Gasteiger partial charge in [0.25, 0.3) is 5.91 Å². The number of alkyl halides is 6. The van der Waals surface area contributed by atoms with Crippen molar-refractivity contribution >= 4 is 34.6 Å². The predicted molar refractivity (Wildman–Crippen MR) is 135 cm³/mol. The summed E-state index contributed by atoms with van der Waals surface area (Å²) in [5.41, 5.74) is -0.130. The van der Waals surface area contributed by atoms with Gasteiger partial charge >= 0.3 is 12.4 Å². The molecule has 0 bridgehead atoms. The molecule has 3 aromatic rings. The van der Waals surface area contributed by atoms with Crippen LogP contribution in [0.1, 0.15) is 58.9 Å². The number of aromatic nitrogens is 3. The highest BCUT2D eigenvalue weighted by atomic mass is 35.5. The minimum atomic E-state index is -4.73. The number of halogens is 7. The summed E-state index contributed by atoms with van der Waals surface area (Å²) >= 11 is 7.48. The van der Waals surface area contributed by atoms with E-state index in [0.29, 0.717) is 37.3 Å². The minimum Gasteiger partial charge on any atom is -0.467 e. The topological polar surface area (TPSA) is 89.8 Å². The molecule has 0 radical (unpaired) electrons. The number of hydrogen-bond donors (Lipinski definition) is 0. The van der Waals surface area contributed by atoms with Crippen molar-refractivity contribution in [2.45, 2.75) is 43.6 Å². The third-order valence-electron chi connectivity index (χ3n) is 6.59. The van der Waals surface area contributed by atoms with E-state index in [9.17, 15) is 31.1 Å². The van der Waals surface area contributed by atoms with E-state index in [-0.39, 0.29) is 28.8 Å². The number of rotatable bonds is 6. The maximum Gasteiger partial charge on any atom is 0.451 e. The Labute approximate surface area is 238 Å². The van der Waals surface area contributed by atoms with Crippen LogP contribution in [0, 0.1) is 0 Å². The number of hydrogen-bond acceptors (Lipinski definition) is 8. The number of oxime groups is 1. The van der Waals surface area contributed by atoms with Crippen LogP contribution in [0.5, 0.6) is 5.88 Å². The number of carbonyl (C=O) groups is 1. The van der Waals surface area contributed by atoms with Crippen molar-refractivity contribution in [1.82, 2.24) is 19.9 Å². The van der Waals surface area contributed by atoms with Crippen LogP contribution in [0.3, 0.4) is 0 Å². The second kappa shape index (κ2) is 11.4. The van der Waals surface area contributed by atoms with Gasteiger partial charge in [-0.2, -0.15) is 31.3 Å². The molecule has 8 nitrogen and oxygen atoms in total. The fourth-order valence-corrected chi connectivity index (χ4v) is 5.86. The van der Waals surface area contributed by atoms with Crippen LogP contribution in [0.25, 0.3) is 0 Å². The molecule has 2 aliphatic heterocycles. The fourth-order valence-electron chi connectivity index (χ4n) is 4.56. The smallest absolute Gasteiger partial charge is 0.451 e. The highest BCUT2D eigenvalue weighted by Crippen LogP contribution is 2.42. The van der Waals surface area contributed by atoms with E-state index >= 15 is 0 Å². The van der Waals surface area contributed by atoms with E-state index in [0.717, 1.165) is 23.3 Å². The monoisotopic (exact) mass is 619 g/mol. The number of nitrogens with zero attached hydrogens (tertiary/aromatic N) is 5. The molecule has 0 spiro atoms. The molecular weight excluding hydrogens is 600 g/mol. The molecule has 0 aliphatic carbocycles. The van der Waals surface area contributed by atoms with Gasteiger partial charge in [-0.05, 0) is 25.0 Å². The SMILES string of the molecule is O=C(COc1ccnc(C(F)(F)F)n1)N1CCC(c2nc(C3=NOC(c4c(Cl)cccc4C(F)(F)F)C3)cs2)CC1. The number of benzene rings is 1. The van der Waals surface area contributed by atoms with Crippen LogP contribution in [0.4, 0.5) is 26.3 Å². The maximum atomic E-state index is 13.5. The summed E-state index contributed by atoms with van der Waals surface area (Å²) in [5, 5.41) is 6.48. The number of piperidine rings is 1. The number of likely N-dealkylation sites (tertiary alicyclic amines) is 1. The van der Waals surface area contributed by atoms with Crippen molar-refractivity contribution in [2.75, 3.05) is 19.7 Å². The van der Waals surface area contributed by atoms with Gasteiger partial charge in [-0.25, -0.2) is 9.97 Å². The zero-order chi connectivity index (χ0) is 29.4. The van der Waals surface area contributed by atoms with Gasteiger partial charge in [-0.3, -0.25) is 4.79 Å². The molecule has 1 amide bonds. The quantitative estimate of drug-likeness (QED) is 0.302. The highest BCUT2D eigenvalue weighted by molar-refractivity contribution is 7.10. The second-order valence-electron chi connectivity index (χ2n) is 9.27. The molecule has 0 saturated carbocycles. The van der Waals surface area contributed by atoms with Crippen molar-refractivity contribution in [1.29, 1.82) is 0 Å². The zero-order valence-corrected chi connectivity index (χ0v) is 22.4. The molecule has 2 aromatic heterocycles. The molecular formula is C25H20ClF6N5O3S. The molecule has 4 heterocycles. The average molecular weight is 620 g/mol. The van der Waals surface area contributed by atoms with Crippen molar-refractivity contribution in [3.8, 4) is 5.88 Å². The summed E-state index contributed by atoms with van der Waals surface area (Å²) in [6, 6.07) is 4.69. The standard InChI is InChI=1S/C25H20ClF6N5O3S/c26-15-3-1-2-14(24(27,28)29)21(15)18-10-16(36-40-18)17-12-41-22(34-17)13-5-8-37(9-6-13)20(38)11-39-19-4-7-33-23(35-19)25(30,31)32/h1-4,7,12-13,18H,5-6,8-11H2. The van der Waals surface area contributed by atoms with Crippen molar-refractivity contribution in [2.24, 2.45) is 5.16 Å². The van der Waals surface area contributed by atoms with Crippen molar-refractivity contribution in [3.05, 3.63) is 68.5 Å². The third kappa shape index (κ3) is 6.56. The first-order valence-electron chi connectivity index (χ1n) is 12.2. The van der Waals surface area contributed by atoms with Gasteiger partial charge in [0.05, 0.1) is 16.3 Å². The summed E-state index contributed by atoms with van der Waals surface area (Å²) in [5.74, 6) is -2.06. The Bertz CT molecular complexity index is 1460. The number of thiazole rings is 1. The molecule has 1 saturated heterocycles. The lowest BCUT2D eigenvalue weighted by molar-refractivity contribution is -0.145. The van der Waals surface area contributed by atoms with Gasteiger partial charge in [0.1, 0.15) is 5.71 Å². The fraction of sp³-hybridized carbons (Fsp3) is 0.400. The molecule has 41 heavy (non-hydrogen) atoms. The zero-order valence-electron chi connectivity index (χ0n) is 20.9. The average Bonchev–Trinajstić information content (AvgIpc) is 3.61. The van der Waals surface area contributed by atoms with E-state index < -0.39 is 42.4 Å². The molecule has 5 rings (SSSR count). The van der Waals surface area contributed by atoms with Gasteiger partial charge < -0.3 is 14.5 Å². The Balaban J connectivity index is 1.15. The first-order chi connectivity index (χ1) is 19.4. The molecule has 0 N–H and O–H groups in total. The van der Waals surface area contributed by atoms with Crippen LogP contribution >= 0.6 is 22.9 Å². The summed E-state index contributed by atoms with van der Waals surface area (Å²) < 4.78 is 84.0. The van der Waals surface area contributed by atoms with E-state index in [1.165, 1.54) is 23.5 Å². The molecule has 1 aromatic carbocycles. The molecule has 16 heteroatoms. The Morgan fingerprint density at radius 3 is 2.56 bits per heavy atom. The lowest BCUT2D eigenvalue weighted by Gasteiger charge is -2.31. The Kier molecular flexibility index (Phi) is 8.10. The number of ether oxygens (including phenoxy) is 1. The minimum absolute atomic E-state index is 0.0362. The summed E-state index contributed by atoms with van der Waals surface area (Å²) in [7, 11) is 0. The Morgan fingerprint density at radius 1 is 1.10 bits per heavy atom. The number of carbonyl (C=O) groups excluding carboxylic acids is 1. The van der Waals surface area contributed by atoms with Crippen molar-refractivity contribution < 1.29 is 40.7 Å². The van der Waals surface area contributed by atoms with Gasteiger partial charge in [-0.15, -0.1) is 11.3 Å². The molecule has 1 unspecified atom stereocenters. The Hall–Kier alpha value is -3.46. The first kappa shape index (κ1) is 29.0. The van der Waals surface area contributed by atoms with Crippen LogP contribution in [-0.4, -0.2) is 51.2 Å². The van der Waals surface area contributed by atoms with Crippen LogP contribution in [0.15, 0.2) is 41.0 Å². The highest BCUT2D eigenvalue weighted by Gasteiger charge is 2.39. The third-order valence-corrected chi connectivity index (χ3v) is 7.93. The van der Waals surface area contributed by atoms with E-state index in [4.69, 9.17) is 21.2 Å². The second-order valence-corrected chi connectivity index (χ2v) is 10.6. The first-order valence-corrected chi connectivity index (χ1v) is 13.5. The maximum absolute atomic E-state index is 13.5. The molecule has 218 valence electrons. The van der Waals surface area contributed by atoms with E-state index in [2.05, 4.69) is 20.1 Å². The van der Waals surface area contributed by atoms with Crippen LogP contribution < -0.4 is 4.74 Å². The largest absolute Gasteiger partial charge is 0.467 e. The van der Waals surface area contributed by atoms with E-state index in [1.54, 1.807) is 10.3 Å². The van der Waals surface area contributed by atoms with Gasteiger partial charge in [-0.1, -0.05) is 22.8 Å². The molecule has 1 fully saturated rings. The summed E-state index contributed by atoms with van der Waals surface area (Å²) in [6.07, 6.45) is -8.18. The van der Waals surface area contributed by atoms with Gasteiger partial charge in [0.2, 0.25) is 11.7 Å².